The first-order chi connectivity index (χ1) is 10.9. The van der Waals surface area contributed by atoms with Gasteiger partial charge in [-0.3, -0.25) is 0 Å². The van der Waals surface area contributed by atoms with E-state index >= 15 is 0 Å². The van der Waals surface area contributed by atoms with Crippen molar-refractivity contribution >= 4 is 6.09 Å². The zero-order valence-electron chi connectivity index (χ0n) is 13.0. The molecule has 0 aromatic heterocycles. The smallest absolute Gasteiger partial charge is 0.405 e. The molecular weight excluding hydrogens is 292 g/mol. The number of carboxylic acid groups (broad SMARTS) is 1. The third kappa shape index (κ3) is 4.24. The molecule has 0 aliphatic carbocycles. The van der Waals surface area contributed by atoms with Crippen LogP contribution in [0, 0.1) is 11.3 Å². The van der Waals surface area contributed by atoms with Gasteiger partial charge in [-0.15, -0.1) is 0 Å². The Morgan fingerprint density at radius 2 is 1.65 bits per heavy atom. The lowest BCUT2D eigenvalue weighted by Gasteiger charge is -2.25. The van der Waals surface area contributed by atoms with Gasteiger partial charge in [-0.1, -0.05) is 36.4 Å². The zero-order chi connectivity index (χ0) is 16.9. The molecule has 0 fully saturated rings. The highest BCUT2D eigenvalue weighted by molar-refractivity contribution is 5.67. The number of carbonyl (C=O) groups is 1. The van der Waals surface area contributed by atoms with Crippen molar-refractivity contribution in [1.29, 1.82) is 5.26 Å². The Labute approximate surface area is 135 Å². The summed E-state index contributed by atoms with van der Waals surface area (Å²) < 4.78 is 5.22. The average molecular weight is 310 g/mol. The summed E-state index contributed by atoms with van der Waals surface area (Å²) in [6.45, 7) is 3.66. The van der Waals surface area contributed by atoms with Gasteiger partial charge in [0.2, 0.25) is 0 Å². The molecule has 5 nitrogen and oxygen atoms in total. The molecule has 0 bridgehead atoms. The molecule has 0 saturated carbocycles. The predicted octanol–water partition coefficient (Wildman–Crippen LogP) is 3.76. The van der Waals surface area contributed by atoms with E-state index in [1.165, 1.54) is 0 Å². The number of rotatable bonds is 5. The summed E-state index contributed by atoms with van der Waals surface area (Å²) in [5.74, 6) is 0.652. The number of nitriles is 1. The molecule has 2 aromatic carbocycles. The molecule has 0 radical (unpaired) electrons. The number of amides is 1. The minimum atomic E-state index is -1.05. The quantitative estimate of drug-likeness (QED) is 0.881. The first-order valence-electron chi connectivity index (χ1n) is 7.14. The Kier molecular flexibility index (Phi) is 4.87. The van der Waals surface area contributed by atoms with Gasteiger partial charge in [0.15, 0.2) is 6.61 Å². The minimum Gasteiger partial charge on any atom is -0.479 e. The molecule has 0 heterocycles. The molecular formula is C18H18N2O3. The molecule has 0 spiro atoms. The number of hydrogen-bond donors (Lipinski definition) is 2. The van der Waals surface area contributed by atoms with Crippen LogP contribution >= 0.6 is 0 Å². The maximum atomic E-state index is 10.8. The fourth-order valence-electron chi connectivity index (χ4n) is 2.28. The van der Waals surface area contributed by atoms with Crippen LogP contribution in [-0.2, 0) is 5.54 Å². The largest absolute Gasteiger partial charge is 0.479 e. The molecule has 0 saturated heterocycles. The SMILES string of the molecule is CC(C)(NC(=O)O)c1ccc(-c2ccc(OCC#N)cc2)cc1. The van der Waals surface area contributed by atoms with Crippen molar-refractivity contribution in [1.82, 2.24) is 5.32 Å². The van der Waals surface area contributed by atoms with Crippen molar-refractivity contribution in [2.24, 2.45) is 0 Å². The molecule has 0 aliphatic rings. The third-order valence-electron chi connectivity index (χ3n) is 3.52. The van der Waals surface area contributed by atoms with Gasteiger partial charge < -0.3 is 15.2 Å². The summed E-state index contributed by atoms with van der Waals surface area (Å²) in [4.78, 5) is 10.8. The molecule has 23 heavy (non-hydrogen) atoms. The van der Waals surface area contributed by atoms with Gasteiger partial charge in [0.05, 0.1) is 5.54 Å². The maximum Gasteiger partial charge on any atom is 0.405 e. The van der Waals surface area contributed by atoms with E-state index in [-0.39, 0.29) is 6.61 Å². The fourth-order valence-corrected chi connectivity index (χ4v) is 2.28. The lowest BCUT2D eigenvalue weighted by molar-refractivity contribution is 0.182. The van der Waals surface area contributed by atoms with E-state index in [4.69, 9.17) is 15.1 Å². The van der Waals surface area contributed by atoms with Gasteiger partial charge in [-0.2, -0.15) is 5.26 Å². The highest BCUT2D eigenvalue weighted by Gasteiger charge is 2.22. The first kappa shape index (κ1) is 16.4. The number of benzene rings is 2. The Balaban J connectivity index is 2.16. The van der Waals surface area contributed by atoms with E-state index in [0.29, 0.717) is 5.75 Å². The summed E-state index contributed by atoms with van der Waals surface area (Å²) in [6, 6.07) is 17.1. The molecule has 2 aromatic rings. The lowest BCUT2D eigenvalue weighted by atomic mass is 9.92. The number of hydrogen-bond acceptors (Lipinski definition) is 3. The van der Waals surface area contributed by atoms with Crippen LogP contribution < -0.4 is 10.1 Å². The lowest BCUT2D eigenvalue weighted by Crippen LogP contribution is -2.39. The van der Waals surface area contributed by atoms with E-state index < -0.39 is 11.6 Å². The van der Waals surface area contributed by atoms with Crippen LogP contribution in [0.2, 0.25) is 0 Å². The molecule has 118 valence electrons. The summed E-state index contributed by atoms with van der Waals surface area (Å²) in [7, 11) is 0. The normalized spacial score (nSPS) is 10.7. The van der Waals surface area contributed by atoms with Crippen molar-refractivity contribution in [2.75, 3.05) is 6.61 Å². The maximum absolute atomic E-state index is 10.8. The molecule has 1 amide bonds. The number of ether oxygens (including phenoxy) is 1. The van der Waals surface area contributed by atoms with Crippen molar-refractivity contribution in [3.05, 3.63) is 54.1 Å². The summed E-state index contributed by atoms with van der Waals surface area (Å²) in [5.41, 5.74) is 2.27. The van der Waals surface area contributed by atoms with Crippen LogP contribution in [0.4, 0.5) is 4.79 Å². The summed E-state index contributed by atoms with van der Waals surface area (Å²) >= 11 is 0. The number of nitrogens with one attached hydrogen (secondary N) is 1. The molecule has 2 rings (SSSR count). The third-order valence-corrected chi connectivity index (χ3v) is 3.52. The van der Waals surface area contributed by atoms with Gasteiger partial charge in [0.1, 0.15) is 11.8 Å². The first-order valence-corrected chi connectivity index (χ1v) is 7.14. The molecule has 0 atom stereocenters. The molecule has 2 N–H and O–H groups in total. The van der Waals surface area contributed by atoms with Gasteiger partial charge in [0, 0.05) is 0 Å². The molecule has 0 unspecified atom stereocenters. The van der Waals surface area contributed by atoms with E-state index in [1.807, 2.05) is 68.4 Å². The van der Waals surface area contributed by atoms with Crippen LogP contribution in [-0.4, -0.2) is 17.8 Å². The van der Waals surface area contributed by atoms with E-state index in [1.54, 1.807) is 0 Å². The second-order valence-corrected chi connectivity index (χ2v) is 5.60. The Morgan fingerprint density at radius 3 is 2.13 bits per heavy atom. The molecule has 0 aliphatic heterocycles. The Bertz CT molecular complexity index is 713. The van der Waals surface area contributed by atoms with E-state index in [9.17, 15) is 4.79 Å². The van der Waals surface area contributed by atoms with E-state index in [2.05, 4.69) is 5.32 Å². The second-order valence-electron chi connectivity index (χ2n) is 5.60. The molecule has 5 heteroatoms. The highest BCUT2D eigenvalue weighted by Crippen LogP contribution is 2.26. The topological polar surface area (TPSA) is 82.3 Å². The Hall–Kier alpha value is -3.00. The van der Waals surface area contributed by atoms with Crippen LogP contribution in [0.1, 0.15) is 19.4 Å². The van der Waals surface area contributed by atoms with Crippen LogP contribution in [0.3, 0.4) is 0 Å². The summed E-state index contributed by atoms with van der Waals surface area (Å²) in [6.07, 6.45) is -1.05. The average Bonchev–Trinajstić information content (AvgIpc) is 2.52. The van der Waals surface area contributed by atoms with Gasteiger partial charge >= 0.3 is 6.09 Å². The monoisotopic (exact) mass is 310 g/mol. The van der Waals surface area contributed by atoms with Gasteiger partial charge in [-0.05, 0) is 42.7 Å². The van der Waals surface area contributed by atoms with Crippen molar-refractivity contribution < 1.29 is 14.6 Å². The summed E-state index contributed by atoms with van der Waals surface area (Å²) in [5, 5.41) is 19.9. The van der Waals surface area contributed by atoms with Crippen LogP contribution in [0.25, 0.3) is 11.1 Å². The predicted molar refractivity (Wildman–Crippen MR) is 87.2 cm³/mol. The fraction of sp³-hybridized carbons (Fsp3) is 0.222. The van der Waals surface area contributed by atoms with E-state index in [0.717, 1.165) is 16.7 Å². The zero-order valence-corrected chi connectivity index (χ0v) is 13.0. The highest BCUT2D eigenvalue weighted by atomic mass is 16.5. The Morgan fingerprint density at radius 1 is 1.13 bits per heavy atom. The minimum absolute atomic E-state index is 0.0275. The van der Waals surface area contributed by atoms with Crippen molar-refractivity contribution in [3.8, 4) is 22.9 Å². The van der Waals surface area contributed by atoms with Crippen molar-refractivity contribution in [3.63, 3.8) is 0 Å². The number of nitrogens with zero attached hydrogens (tertiary/aromatic N) is 1. The van der Waals surface area contributed by atoms with Gasteiger partial charge in [0.25, 0.3) is 0 Å². The van der Waals surface area contributed by atoms with Crippen LogP contribution in [0.5, 0.6) is 5.75 Å². The van der Waals surface area contributed by atoms with Crippen LogP contribution in [0.15, 0.2) is 48.5 Å². The van der Waals surface area contributed by atoms with Gasteiger partial charge in [-0.25, -0.2) is 4.79 Å². The standard InChI is InChI=1S/C18H18N2O3/c1-18(2,20-17(21)22)15-7-3-13(4-8-15)14-5-9-16(10-6-14)23-12-11-19/h3-10,20H,12H2,1-2H3,(H,21,22). The van der Waals surface area contributed by atoms with Crippen molar-refractivity contribution in [2.45, 2.75) is 19.4 Å². The second kappa shape index (κ2) is 6.84.